The van der Waals surface area contributed by atoms with Gasteiger partial charge in [-0.3, -0.25) is 4.79 Å². The highest BCUT2D eigenvalue weighted by Crippen LogP contribution is 2.16. The van der Waals surface area contributed by atoms with Crippen molar-refractivity contribution in [2.75, 3.05) is 18.8 Å². The molecular formula is C16H25N3O3S. The summed E-state index contributed by atoms with van der Waals surface area (Å²) in [6.45, 7) is 3.26. The standard InChI is InChI=1S/C16H25N3O3S/c1-2-11-23(21,22)19-9-7-15(8-10-19)18-16(20)14-5-3-13(12-17)4-6-14/h3-6,15H,2,7-12,17H2,1H3,(H,18,20). The molecule has 0 spiro atoms. The molecule has 23 heavy (non-hydrogen) atoms. The number of nitrogens with two attached hydrogens (primary N) is 1. The number of piperidine rings is 1. The van der Waals surface area contributed by atoms with Crippen LogP contribution in [0.1, 0.15) is 42.1 Å². The summed E-state index contributed by atoms with van der Waals surface area (Å²) in [6, 6.07) is 7.23. The zero-order chi connectivity index (χ0) is 16.9. The number of amides is 1. The van der Waals surface area contributed by atoms with Crippen molar-refractivity contribution in [2.24, 2.45) is 5.73 Å². The van der Waals surface area contributed by atoms with Gasteiger partial charge in [-0.15, -0.1) is 0 Å². The molecule has 6 nitrogen and oxygen atoms in total. The Kier molecular flexibility index (Phi) is 6.15. The molecule has 0 saturated carbocycles. The minimum Gasteiger partial charge on any atom is -0.349 e. The molecule has 0 aliphatic carbocycles. The second-order valence-electron chi connectivity index (χ2n) is 5.86. The molecule has 0 aromatic heterocycles. The van der Waals surface area contributed by atoms with Crippen molar-refractivity contribution in [3.63, 3.8) is 0 Å². The fourth-order valence-electron chi connectivity index (χ4n) is 2.73. The largest absolute Gasteiger partial charge is 0.349 e. The Morgan fingerprint density at radius 1 is 1.26 bits per heavy atom. The average Bonchev–Trinajstić information content (AvgIpc) is 2.55. The fourth-order valence-corrected chi connectivity index (χ4v) is 4.27. The minimum absolute atomic E-state index is 0.0183. The van der Waals surface area contributed by atoms with Crippen LogP contribution in [0.3, 0.4) is 0 Å². The van der Waals surface area contributed by atoms with E-state index in [1.54, 1.807) is 12.1 Å². The van der Waals surface area contributed by atoms with E-state index >= 15 is 0 Å². The van der Waals surface area contributed by atoms with E-state index in [-0.39, 0.29) is 17.7 Å². The number of hydrogen-bond donors (Lipinski definition) is 2. The van der Waals surface area contributed by atoms with Crippen molar-refractivity contribution in [2.45, 2.75) is 38.8 Å². The lowest BCUT2D eigenvalue weighted by Crippen LogP contribution is -2.47. The van der Waals surface area contributed by atoms with E-state index in [1.807, 2.05) is 19.1 Å². The van der Waals surface area contributed by atoms with Crippen LogP contribution in [0.2, 0.25) is 0 Å². The summed E-state index contributed by atoms with van der Waals surface area (Å²) in [7, 11) is -3.14. The molecule has 0 atom stereocenters. The number of benzene rings is 1. The maximum atomic E-state index is 12.2. The van der Waals surface area contributed by atoms with Gasteiger partial charge in [0.15, 0.2) is 0 Å². The number of nitrogens with one attached hydrogen (secondary N) is 1. The Hall–Kier alpha value is -1.44. The molecular weight excluding hydrogens is 314 g/mol. The van der Waals surface area contributed by atoms with E-state index in [1.165, 1.54) is 4.31 Å². The van der Waals surface area contributed by atoms with E-state index in [0.29, 0.717) is 44.5 Å². The summed E-state index contributed by atoms with van der Waals surface area (Å²) in [5, 5.41) is 2.98. The highest BCUT2D eigenvalue weighted by Gasteiger charge is 2.28. The van der Waals surface area contributed by atoms with E-state index in [4.69, 9.17) is 5.73 Å². The zero-order valence-corrected chi connectivity index (χ0v) is 14.3. The van der Waals surface area contributed by atoms with Gasteiger partial charge < -0.3 is 11.1 Å². The number of nitrogens with zero attached hydrogens (tertiary/aromatic N) is 1. The van der Waals surface area contributed by atoms with Crippen molar-refractivity contribution in [1.29, 1.82) is 0 Å². The van der Waals surface area contributed by atoms with Crippen LogP contribution in [0.25, 0.3) is 0 Å². The van der Waals surface area contributed by atoms with Gasteiger partial charge in [-0.05, 0) is 37.0 Å². The lowest BCUT2D eigenvalue weighted by molar-refractivity contribution is 0.0924. The van der Waals surface area contributed by atoms with Gasteiger partial charge in [0.2, 0.25) is 10.0 Å². The third kappa shape index (κ3) is 4.76. The minimum atomic E-state index is -3.14. The normalized spacial score (nSPS) is 17.1. The fraction of sp³-hybridized carbons (Fsp3) is 0.562. The van der Waals surface area contributed by atoms with Crippen LogP contribution < -0.4 is 11.1 Å². The first-order chi connectivity index (χ1) is 11.0. The third-order valence-electron chi connectivity index (χ3n) is 4.10. The predicted molar refractivity (Wildman–Crippen MR) is 90.5 cm³/mol. The summed E-state index contributed by atoms with van der Waals surface area (Å²) in [5.74, 6) is 0.0702. The first-order valence-electron chi connectivity index (χ1n) is 8.04. The molecule has 1 amide bonds. The number of rotatable bonds is 6. The van der Waals surface area contributed by atoms with Crippen molar-refractivity contribution in [3.8, 4) is 0 Å². The van der Waals surface area contributed by atoms with Gasteiger partial charge in [-0.2, -0.15) is 0 Å². The smallest absolute Gasteiger partial charge is 0.251 e. The molecule has 1 aliphatic heterocycles. The molecule has 0 unspecified atom stereocenters. The molecule has 1 fully saturated rings. The quantitative estimate of drug-likeness (QED) is 0.811. The van der Waals surface area contributed by atoms with Gasteiger partial charge in [0.1, 0.15) is 0 Å². The first-order valence-corrected chi connectivity index (χ1v) is 9.65. The number of carbonyl (C=O) groups is 1. The van der Waals surface area contributed by atoms with Crippen molar-refractivity contribution >= 4 is 15.9 Å². The van der Waals surface area contributed by atoms with Crippen LogP contribution in [-0.2, 0) is 16.6 Å². The molecule has 1 aromatic carbocycles. The summed E-state index contributed by atoms with van der Waals surface area (Å²) < 4.78 is 25.6. The molecule has 2 rings (SSSR count). The van der Waals surface area contributed by atoms with Gasteiger partial charge in [-0.1, -0.05) is 19.1 Å². The zero-order valence-electron chi connectivity index (χ0n) is 13.5. The van der Waals surface area contributed by atoms with Crippen LogP contribution in [-0.4, -0.2) is 43.5 Å². The summed E-state index contributed by atoms with van der Waals surface area (Å²) >= 11 is 0. The molecule has 3 N–H and O–H groups in total. The molecule has 1 aromatic rings. The Morgan fingerprint density at radius 2 is 1.87 bits per heavy atom. The van der Waals surface area contributed by atoms with Crippen LogP contribution in [0.4, 0.5) is 0 Å². The van der Waals surface area contributed by atoms with E-state index < -0.39 is 10.0 Å². The Morgan fingerprint density at radius 3 is 2.39 bits per heavy atom. The van der Waals surface area contributed by atoms with E-state index in [9.17, 15) is 13.2 Å². The highest BCUT2D eigenvalue weighted by atomic mass is 32.2. The van der Waals surface area contributed by atoms with Crippen LogP contribution >= 0.6 is 0 Å². The van der Waals surface area contributed by atoms with Gasteiger partial charge in [-0.25, -0.2) is 12.7 Å². The van der Waals surface area contributed by atoms with Crippen molar-refractivity contribution < 1.29 is 13.2 Å². The number of sulfonamides is 1. The maximum absolute atomic E-state index is 12.2. The number of carbonyl (C=O) groups excluding carboxylic acids is 1. The molecule has 7 heteroatoms. The third-order valence-corrected chi connectivity index (χ3v) is 6.17. The second kappa shape index (κ2) is 7.90. The Bertz CT molecular complexity index is 620. The molecule has 1 saturated heterocycles. The van der Waals surface area contributed by atoms with Gasteiger partial charge >= 0.3 is 0 Å². The molecule has 1 heterocycles. The van der Waals surface area contributed by atoms with Crippen molar-refractivity contribution in [3.05, 3.63) is 35.4 Å². The Balaban J connectivity index is 1.87. The monoisotopic (exact) mass is 339 g/mol. The molecule has 0 radical (unpaired) electrons. The van der Waals surface area contributed by atoms with E-state index in [0.717, 1.165) is 5.56 Å². The molecule has 1 aliphatic rings. The lowest BCUT2D eigenvalue weighted by Gasteiger charge is -2.31. The highest BCUT2D eigenvalue weighted by molar-refractivity contribution is 7.89. The summed E-state index contributed by atoms with van der Waals surface area (Å²) in [4.78, 5) is 12.2. The van der Waals surface area contributed by atoms with Crippen LogP contribution in [0.15, 0.2) is 24.3 Å². The van der Waals surface area contributed by atoms with Crippen LogP contribution in [0.5, 0.6) is 0 Å². The average molecular weight is 339 g/mol. The van der Waals surface area contributed by atoms with Gasteiger partial charge in [0, 0.05) is 31.2 Å². The first kappa shape index (κ1) is 17.9. The van der Waals surface area contributed by atoms with E-state index in [2.05, 4.69) is 5.32 Å². The number of hydrogen-bond acceptors (Lipinski definition) is 4. The Labute approximate surface area is 138 Å². The van der Waals surface area contributed by atoms with Gasteiger partial charge in [0.05, 0.1) is 5.75 Å². The van der Waals surface area contributed by atoms with Crippen molar-refractivity contribution in [1.82, 2.24) is 9.62 Å². The lowest BCUT2D eigenvalue weighted by atomic mass is 10.1. The second-order valence-corrected chi connectivity index (χ2v) is 7.95. The maximum Gasteiger partial charge on any atom is 0.251 e. The molecule has 128 valence electrons. The van der Waals surface area contributed by atoms with Gasteiger partial charge in [0.25, 0.3) is 5.91 Å². The molecule has 0 bridgehead atoms. The predicted octanol–water partition coefficient (Wildman–Crippen LogP) is 1.08. The van der Waals surface area contributed by atoms with Crippen LogP contribution in [0, 0.1) is 0 Å². The topological polar surface area (TPSA) is 92.5 Å². The SMILES string of the molecule is CCCS(=O)(=O)N1CCC(NC(=O)c2ccc(CN)cc2)CC1. The summed E-state index contributed by atoms with van der Waals surface area (Å²) in [5.41, 5.74) is 7.12. The summed E-state index contributed by atoms with van der Waals surface area (Å²) in [6.07, 6.45) is 1.92.